The van der Waals surface area contributed by atoms with Gasteiger partial charge in [0.2, 0.25) is 5.91 Å². The van der Waals surface area contributed by atoms with Gasteiger partial charge >= 0.3 is 0 Å². The van der Waals surface area contributed by atoms with Gasteiger partial charge in [-0.15, -0.1) is 0 Å². The molecule has 1 rings (SSSR count). The number of hydrogen-bond acceptors (Lipinski definition) is 6. The molecule has 1 aromatic heterocycles. The molecule has 0 radical (unpaired) electrons. The fraction of sp³-hybridized carbons (Fsp3) is 0.300. The Balaban J connectivity index is 2.75. The van der Waals surface area contributed by atoms with Gasteiger partial charge in [-0.3, -0.25) is 9.78 Å². The van der Waals surface area contributed by atoms with Gasteiger partial charge in [-0.25, -0.2) is 8.42 Å². The zero-order valence-corrected chi connectivity index (χ0v) is 10.3. The molecule has 3 N–H and O–H groups in total. The number of carbonyl (C=O) groups is 1. The van der Waals surface area contributed by atoms with Gasteiger partial charge < -0.3 is 11.1 Å². The van der Waals surface area contributed by atoms with E-state index in [2.05, 4.69) is 10.3 Å². The van der Waals surface area contributed by atoms with Crippen molar-refractivity contribution in [2.75, 3.05) is 18.0 Å². The normalized spacial score (nSPS) is 10.6. The molecule has 1 heterocycles. The zero-order chi connectivity index (χ0) is 13.6. The lowest BCUT2D eigenvalue weighted by Gasteiger charge is -2.06. The van der Waals surface area contributed by atoms with Crippen LogP contribution in [0.3, 0.4) is 0 Å². The van der Waals surface area contributed by atoms with Crippen LogP contribution in [0.1, 0.15) is 6.42 Å². The molecule has 18 heavy (non-hydrogen) atoms. The number of nitrogen functional groups attached to an aromatic ring is 1. The largest absolute Gasteiger partial charge is 0.396 e. The minimum Gasteiger partial charge on any atom is -0.396 e. The monoisotopic (exact) mass is 268 g/mol. The van der Waals surface area contributed by atoms with Crippen molar-refractivity contribution < 1.29 is 13.2 Å². The Morgan fingerprint density at radius 1 is 1.56 bits per heavy atom. The molecule has 0 aliphatic carbocycles. The van der Waals surface area contributed by atoms with Crippen LogP contribution in [0, 0.1) is 11.3 Å². The van der Waals surface area contributed by atoms with E-state index in [0.29, 0.717) is 0 Å². The second-order valence-corrected chi connectivity index (χ2v) is 5.39. The molecule has 0 saturated carbocycles. The highest BCUT2D eigenvalue weighted by molar-refractivity contribution is 7.92. The molecule has 0 aliphatic heterocycles. The molecule has 1 aromatic rings. The van der Waals surface area contributed by atoms with Crippen molar-refractivity contribution in [3.05, 3.63) is 18.5 Å². The number of anilines is 1. The third-order valence-corrected chi connectivity index (χ3v) is 3.71. The van der Waals surface area contributed by atoms with Crippen molar-refractivity contribution in [2.24, 2.45) is 0 Å². The van der Waals surface area contributed by atoms with E-state index in [0.717, 1.165) is 0 Å². The molecule has 0 atom stereocenters. The van der Waals surface area contributed by atoms with E-state index in [4.69, 9.17) is 11.0 Å². The van der Waals surface area contributed by atoms with Crippen molar-refractivity contribution in [2.45, 2.75) is 11.3 Å². The number of nitrogens with one attached hydrogen (secondary N) is 1. The molecule has 0 unspecified atom stereocenters. The molecule has 0 saturated heterocycles. The first kappa shape index (κ1) is 13.9. The van der Waals surface area contributed by atoms with E-state index in [-0.39, 0.29) is 23.5 Å². The predicted octanol–water partition coefficient (Wildman–Crippen LogP) is -0.533. The highest BCUT2D eigenvalue weighted by Gasteiger charge is 2.21. The van der Waals surface area contributed by atoms with E-state index in [1.165, 1.54) is 18.5 Å². The lowest BCUT2D eigenvalue weighted by atomic mass is 10.4. The molecule has 0 bridgehead atoms. The lowest BCUT2D eigenvalue weighted by Crippen LogP contribution is -2.31. The molecule has 0 spiro atoms. The number of rotatable bonds is 5. The summed E-state index contributed by atoms with van der Waals surface area (Å²) in [5, 5.41) is 10.6. The number of nitriles is 1. The van der Waals surface area contributed by atoms with Gasteiger partial charge in [0.15, 0.2) is 9.84 Å². The predicted molar refractivity (Wildman–Crippen MR) is 63.9 cm³/mol. The molecule has 8 heteroatoms. The topological polar surface area (TPSA) is 126 Å². The summed E-state index contributed by atoms with van der Waals surface area (Å²) in [6.07, 6.45) is 2.63. The average Bonchev–Trinajstić information content (AvgIpc) is 2.29. The van der Waals surface area contributed by atoms with E-state index in [1.54, 1.807) is 0 Å². The van der Waals surface area contributed by atoms with Crippen LogP contribution in [0.25, 0.3) is 0 Å². The van der Waals surface area contributed by atoms with Crippen LogP contribution >= 0.6 is 0 Å². The molecule has 1 amide bonds. The van der Waals surface area contributed by atoms with Crippen LogP contribution < -0.4 is 11.1 Å². The number of hydrogen-bond donors (Lipinski definition) is 2. The minimum atomic E-state index is -3.79. The van der Waals surface area contributed by atoms with E-state index >= 15 is 0 Å². The van der Waals surface area contributed by atoms with Gasteiger partial charge in [-0.1, -0.05) is 0 Å². The van der Waals surface area contributed by atoms with Gasteiger partial charge in [-0.2, -0.15) is 5.26 Å². The first-order chi connectivity index (χ1) is 8.47. The number of nitrogens with zero attached hydrogens (tertiary/aromatic N) is 2. The smallest absolute Gasteiger partial charge is 0.235 e. The lowest BCUT2D eigenvalue weighted by molar-refractivity contribution is -0.118. The van der Waals surface area contributed by atoms with Crippen LogP contribution in [0.2, 0.25) is 0 Å². The van der Waals surface area contributed by atoms with Gasteiger partial charge in [0, 0.05) is 12.7 Å². The highest BCUT2D eigenvalue weighted by atomic mass is 32.2. The quantitative estimate of drug-likeness (QED) is 0.691. The Kier molecular flexibility index (Phi) is 4.62. The Morgan fingerprint density at radius 3 is 2.89 bits per heavy atom. The fourth-order valence-corrected chi connectivity index (χ4v) is 2.52. The number of aromatic nitrogens is 1. The van der Waals surface area contributed by atoms with Crippen molar-refractivity contribution in [3.63, 3.8) is 0 Å². The van der Waals surface area contributed by atoms with E-state index in [9.17, 15) is 13.2 Å². The second-order valence-electron chi connectivity index (χ2n) is 3.43. The number of sulfone groups is 1. The van der Waals surface area contributed by atoms with Crippen molar-refractivity contribution in [1.82, 2.24) is 10.3 Å². The molecule has 0 fully saturated rings. The van der Waals surface area contributed by atoms with Gasteiger partial charge in [-0.05, 0) is 6.07 Å². The summed E-state index contributed by atoms with van der Waals surface area (Å²) in [6.45, 7) is 0.122. The average molecular weight is 268 g/mol. The van der Waals surface area contributed by atoms with E-state index in [1.807, 2.05) is 6.07 Å². The standard InChI is InChI=1S/C10H12N4O3S/c11-3-1-4-14-10(15)7-18(16,17)9-2-5-13-6-8(9)12/h2,5-6H,1,4,7,12H2,(H,14,15). The first-order valence-electron chi connectivity index (χ1n) is 5.03. The first-order valence-corrected chi connectivity index (χ1v) is 6.68. The van der Waals surface area contributed by atoms with Gasteiger partial charge in [0.25, 0.3) is 0 Å². The highest BCUT2D eigenvalue weighted by Crippen LogP contribution is 2.17. The maximum atomic E-state index is 11.9. The Hall–Kier alpha value is -2.14. The van der Waals surface area contributed by atoms with Crippen molar-refractivity contribution in [1.29, 1.82) is 5.26 Å². The Bertz CT molecular complexity index is 577. The molecule has 0 aromatic carbocycles. The third kappa shape index (κ3) is 3.71. The summed E-state index contributed by atoms with van der Waals surface area (Å²) in [7, 11) is -3.79. The summed E-state index contributed by atoms with van der Waals surface area (Å²) < 4.78 is 23.7. The summed E-state index contributed by atoms with van der Waals surface area (Å²) in [5.41, 5.74) is 5.49. The summed E-state index contributed by atoms with van der Waals surface area (Å²) in [4.78, 5) is 14.9. The number of carbonyl (C=O) groups excluding carboxylic acids is 1. The Labute approximate surface area is 105 Å². The molecule has 0 aliphatic rings. The minimum absolute atomic E-state index is 0.00215. The third-order valence-electron chi connectivity index (χ3n) is 2.03. The van der Waals surface area contributed by atoms with Gasteiger partial charge in [0.1, 0.15) is 5.75 Å². The SMILES string of the molecule is N#CCCNC(=O)CS(=O)(=O)c1ccncc1N. The molecule has 7 nitrogen and oxygen atoms in total. The fourth-order valence-electron chi connectivity index (χ4n) is 1.24. The molecular formula is C10H12N4O3S. The van der Waals surface area contributed by atoms with Crippen molar-refractivity contribution >= 4 is 21.4 Å². The van der Waals surface area contributed by atoms with Gasteiger partial charge in [0.05, 0.1) is 29.3 Å². The van der Waals surface area contributed by atoms with Crippen LogP contribution in [-0.2, 0) is 14.6 Å². The second kappa shape index (κ2) is 5.97. The summed E-state index contributed by atoms with van der Waals surface area (Å²) in [5.74, 6) is -1.37. The maximum absolute atomic E-state index is 11.9. The zero-order valence-electron chi connectivity index (χ0n) is 9.46. The number of pyridine rings is 1. The summed E-state index contributed by atoms with van der Waals surface area (Å²) >= 11 is 0. The maximum Gasteiger partial charge on any atom is 0.235 e. The molecular weight excluding hydrogens is 256 g/mol. The van der Waals surface area contributed by atoms with Crippen LogP contribution in [0.5, 0.6) is 0 Å². The molecule has 96 valence electrons. The van der Waals surface area contributed by atoms with Crippen LogP contribution in [-0.4, -0.2) is 31.6 Å². The van der Waals surface area contributed by atoms with Crippen LogP contribution in [0.4, 0.5) is 5.69 Å². The van der Waals surface area contributed by atoms with Crippen LogP contribution in [0.15, 0.2) is 23.4 Å². The summed E-state index contributed by atoms with van der Waals surface area (Å²) in [6, 6.07) is 3.08. The van der Waals surface area contributed by atoms with E-state index < -0.39 is 21.5 Å². The Morgan fingerprint density at radius 2 is 2.28 bits per heavy atom. The number of nitrogens with two attached hydrogens (primary N) is 1. The van der Waals surface area contributed by atoms with Crippen molar-refractivity contribution in [3.8, 4) is 6.07 Å². The number of amides is 1.